The number of carbonyl (C=O) groups is 2. The van der Waals surface area contributed by atoms with Crippen LogP contribution in [-0.2, 0) is 52.2 Å². The number of aliphatic hydroxyl groups is 2. The topological polar surface area (TPSA) is 331 Å². The first kappa shape index (κ1) is 54.4. The van der Waals surface area contributed by atoms with Gasteiger partial charge >= 0.3 is 0 Å². The van der Waals surface area contributed by atoms with Gasteiger partial charge in [0.2, 0.25) is 16.9 Å². The Hall–Kier alpha value is -5.17. The lowest BCUT2D eigenvalue weighted by Crippen LogP contribution is -2.56. The third kappa shape index (κ3) is 22.0. The molecule has 0 bridgehead atoms. The molecule has 1 fully saturated rings. The number of amides is 2. The molecule has 0 radical (unpaired) electrons. The SMILES string of the molecule is O=C(CCOCCNC(=O)COCCOCCOCCNc1ccc([N+](=O)[O-])cc1[N+](=O)[O-])NCCOCCOCCOCCOC[C@H]1OC[C@H](Nc2nc(-c3ccncc3)ns2)[C@@H](O)[C@H]1O. The van der Waals surface area contributed by atoms with Crippen LogP contribution >= 0.6 is 11.5 Å². The molecule has 0 aliphatic carbocycles. The Morgan fingerprint density at radius 1 is 0.716 bits per heavy atom. The van der Waals surface area contributed by atoms with Crippen molar-refractivity contribution >= 4 is 45.5 Å². The highest BCUT2D eigenvalue weighted by atomic mass is 32.1. The molecule has 0 spiro atoms. The number of hydrogen-bond acceptors (Lipinski definition) is 23. The molecule has 1 aliphatic heterocycles. The Kier molecular flexibility index (Phi) is 26.4. The van der Waals surface area contributed by atoms with Crippen molar-refractivity contribution in [3.05, 3.63) is 63.0 Å². The predicted octanol–water partition coefficient (Wildman–Crippen LogP) is 0.185. The van der Waals surface area contributed by atoms with Gasteiger partial charge in [-0.1, -0.05) is 0 Å². The number of nitro benzene ring substituents is 2. The lowest BCUT2D eigenvalue weighted by molar-refractivity contribution is -0.393. The van der Waals surface area contributed by atoms with Crippen molar-refractivity contribution in [3.8, 4) is 11.4 Å². The maximum absolute atomic E-state index is 12.0. The summed E-state index contributed by atoms with van der Waals surface area (Å²) in [5.74, 6) is 0.0152. The zero-order chi connectivity index (χ0) is 47.9. The molecule has 4 atom stereocenters. The van der Waals surface area contributed by atoms with E-state index in [1.165, 1.54) is 12.1 Å². The molecule has 1 saturated heterocycles. The van der Waals surface area contributed by atoms with Crippen LogP contribution < -0.4 is 21.3 Å². The molecular formula is C40H59N9O17S. The fourth-order valence-electron chi connectivity index (χ4n) is 5.80. The Balaban J connectivity index is 0.833. The highest BCUT2D eigenvalue weighted by Crippen LogP contribution is 2.29. The minimum absolute atomic E-state index is 0.0864. The zero-order valence-electron chi connectivity index (χ0n) is 36.9. The van der Waals surface area contributed by atoms with Gasteiger partial charge in [-0.2, -0.15) is 9.36 Å². The summed E-state index contributed by atoms with van der Waals surface area (Å²) in [6.45, 7) is 4.73. The van der Waals surface area contributed by atoms with E-state index < -0.39 is 39.9 Å². The normalized spacial score (nSPS) is 16.9. The molecule has 27 heteroatoms. The number of nitrogens with zero attached hydrogens (tertiary/aromatic N) is 5. The van der Waals surface area contributed by atoms with Crippen molar-refractivity contribution in [1.82, 2.24) is 25.0 Å². The van der Waals surface area contributed by atoms with Crippen LogP contribution in [0.3, 0.4) is 0 Å². The number of benzene rings is 1. The minimum atomic E-state index is -1.16. The first-order chi connectivity index (χ1) is 32.6. The van der Waals surface area contributed by atoms with Crippen LogP contribution in [0.4, 0.5) is 22.2 Å². The number of non-ortho nitro benzene ring substituents is 1. The van der Waals surface area contributed by atoms with E-state index in [1.54, 1.807) is 24.5 Å². The number of pyridine rings is 1. The molecule has 1 aromatic carbocycles. The second kappa shape index (κ2) is 32.5. The average molecular weight is 970 g/mol. The zero-order valence-corrected chi connectivity index (χ0v) is 37.7. The Morgan fingerprint density at radius 2 is 1.30 bits per heavy atom. The van der Waals surface area contributed by atoms with E-state index in [9.17, 15) is 40.0 Å². The summed E-state index contributed by atoms with van der Waals surface area (Å²) in [5, 5.41) is 55.1. The molecule has 67 heavy (non-hydrogen) atoms. The first-order valence-corrected chi connectivity index (χ1v) is 22.2. The van der Waals surface area contributed by atoms with E-state index >= 15 is 0 Å². The summed E-state index contributed by atoms with van der Waals surface area (Å²) in [4.78, 5) is 53.0. The number of nitro groups is 2. The molecule has 26 nitrogen and oxygen atoms in total. The second-order valence-electron chi connectivity index (χ2n) is 14.2. The van der Waals surface area contributed by atoms with Gasteiger partial charge in [-0.05, 0) is 18.2 Å². The molecule has 3 heterocycles. The Morgan fingerprint density at radius 3 is 1.94 bits per heavy atom. The second-order valence-corrected chi connectivity index (χ2v) is 14.9. The van der Waals surface area contributed by atoms with E-state index in [-0.39, 0.29) is 115 Å². The molecule has 6 N–H and O–H groups in total. The minimum Gasteiger partial charge on any atom is -0.388 e. The fraction of sp³-hybridized carbons (Fsp3) is 0.625. The summed E-state index contributed by atoms with van der Waals surface area (Å²) in [7, 11) is 0. The average Bonchev–Trinajstić information content (AvgIpc) is 3.80. The molecule has 3 aromatic rings. The van der Waals surface area contributed by atoms with Gasteiger partial charge in [0.15, 0.2) is 5.82 Å². The highest BCUT2D eigenvalue weighted by molar-refractivity contribution is 7.09. The predicted molar refractivity (Wildman–Crippen MR) is 238 cm³/mol. The van der Waals surface area contributed by atoms with E-state index in [0.717, 1.165) is 23.2 Å². The fourth-order valence-corrected chi connectivity index (χ4v) is 6.45. The van der Waals surface area contributed by atoms with Crippen LogP contribution in [0, 0.1) is 20.2 Å². The summed E-state index contributed by atoms with van der Waals surface area (Å²) in [6, 6.07) is 6.37. The van der Waals surface area contributed by atoms with Gasteiger partial charge in [-0.3, -0.25) is 34.8 Å². The van der Waals surface area contributed by atoms with Crippen LogP contribution in [-0.4, -0.2) is 203 Å². The van der Waals surface area contributed by atoms with Gasteiger partial charge in [0.05, 0.1) is 128 Å². The monoisotopic (exact) mass is 969 g/mol. The molecule has 4 rings (SSSR count). The number of carbonyl (C=O) groups excluding carboxylic acids is 2. The summed E-state index contributed by atoms with van der Waals surface area (Å²) in [5.41, 5.74) is 0.190. The maximum Gasteiger partial charge on any atom is 0.299 e. The van der Waals surface area contributed by atoms with Crippen molar-refractivity contribution in [2.45, 2.75) is 30.8 Å². The molecule has 0 saturated carbocycles. The van der Waals surface area contributed by atoms with Crippen molar-refractivity contribution in [2.75, 3.05) is 143 Å². The number of nitrogens with one attached hydrogen (secondary N) is 4. The third-order valence-corrected chi connectivity index (χ3v) is 9.89. The third-order valence-electron chi connectivity index (χ3n) is 9.24. The lowest BCUT2D eigenvalue weighted by atomic mass is 9.98. The molecule has 372 valence electrons. The first-order valence-electron chi connectivity index (χ1n) is 21.4. The van der Waals surface area contributed by atoms with Crippen LogP contribution in [0.1, 0.15) is 6.42 Å². The quantitative estimate of drug-likeness (QED) is 0.0255. The van der Waals surface area contributed by atoms with Gasteiger partial charge < -0.3 is 74.1 Å². The van der Waals surface area contributed by atoms with Crippen molar-refractivity contribution < 1.29 is 72.3 Å². The van der Waals surface area contributed by atoms with Gasteiger partial charge in [-0.25, -0.2) is 0 Å². The van der Waals surface area contributed by atoms with E-state index in [2.05, 4.69) is 35.6 Å². The van der Waals surface area contributed by atoms with E-state index in [4.69, 9.17) is 42.6 Å². The molecule has 0 unspecified atom stereocenters. The van der Waals surface area contributed by atoms with Crippen LogP contribution in [0.25, 0.3) is 11.4 Å². The van der Waals surface area contributed by atoms with Crippen molar-refractivity contribution in [3.63, 3.8) is 0 Å². The molecular weight excluding hydrogens is 911 g/mol. The van der Waals surface area contributed by atoms with Crippen LogP contribution in [0.2, 0.25) is 0 Å². The summed E-state index contributed by atoms with van der Waals surface area (Å²) >= 11 is 1.15. The molecule has 2 aromatic heterocycles. The van der Waals surface area contributed by atoms with Crippen molar-refractivity contribution in [1.29, 1.82) is 0 Å². The largest absolute Gasteiger partial charge is 0.388 e. The highest BCUT2D eigenvalue weighted by Gasteiger charge is 2.39. The smallest absolute Gasteiger partial charge is 0.299 e. The Bertz CT molecular complexity index is 1890. The number of rotatable bonds is 37. The Labute approximate surface area is 389 Å². The van der Waals surface area contributed by atoms with Crippen LogP contribution in [0.15, 0.2) is 42.7 Å². The van der Waals surface area contributed by atoms with Gasteiger partial charge in [0.1, 0.15) is 30.6 Å². The van der Waals surface area contributed by atoms with Crippen LogP contribution in [0.5, 0.6) is 0 Å². The van der Waals surface area contributed by atoms with E-state index in [1.807, 2.05) is 0 Å². The number of aliphatic hydroxyl groups excluding tert-OH is 2. The van der Waals surface area contributed by atoms with E-state index in [0.29, 0.717) is 57.1 Å². The standard InChI is InChI=1S/C40H59N9O17S/c50-35(5-11-58-13-10-44-36(51)28-65-24-22-62-18-15-59-12-8-42-31-2-1-30(48(54)55)25-33(31)49(56)57)43-9-14-60-16-17-61-19-20-63-21-23-64-27-34-38(53)37(52)32(26-66-34)45-40-46-39(47-67-40)29-3-6-41-7-4-29/h1-4,6-7,25,32,34,37-38,42,52-53H,5,8-24,26-28H2,(H,43,50)(H,44,51)(H,45,46,47)/t32-,34+,37+,38-/m0/s1. The number of aromatic nitrogens is 3. The maximum atomic E-state index is 12.0. The number of hydrogen-bond donors (Lipinski definition) is 6. The summed E-state index contributed by atoms with van der Waals surface area (Å²) < 4.78 is 53.5. The van der Waals surface area contributed by atoms with Gasteiger partial charge in [0.25, 0.3) is 11.4 Å². The molecule has 2 amide bonds. The van der Waals surface area contributed by atoms with Crippen molar-refractivity contribution in [2.24, 2.45) is 0 Å². The summed E-state index contributed by atoms with van der Waals surface area (Å²) in [6.07, 6.45) is 0.505. The van der Waals surface area contributed by atoms with Gasteiger partial charge in [-0.15, -0.1) is 0 Å². The molecule has 1 aliphatic rings. The number of ether oxygens (including phenoxy) is 9. The van der Waals surface area contributed by atoms with Gasteiger partial charge in [0, 0.05) is 61.6 Å². The lowest BCUT2D eigenvalue weighted by Gasteiger charge is -2.37. The number of anilines is 2.